The zero-order valence-electron chi connectivity index (χ0n) is 11.0. The Morgan fingerprint density at radius 2 is 2.42 bits per heavy atom. The summed E-state index contributed by atoms with van der Waals surface area (Å²) in [4.78, 5) is 12.2. The predicted molar refractivity (Wildman–Crippen MR) is 79.1 cm³/mol. The van der Waals surface area contributed by atoms with Crippen LogP contribution in [0.15, 0.2) is 22.7 Å². The van der Waals surface area contributed by atoms with Crippen LogP contribution in [-0.2, 0) is 16.1 Å². The average Bonchev–Trinajstić information content (AvgIpc) is 2.43. The number of carbonyl (C=O) groups excluding carboxylic acids is 1. The predicted octanol–water partition coefficient (Wildman–Crippen LogP) is 2.53. The highest BCUT2D eigenvalue weighted by Gasteiger charge is 2.21. The molecule has 1 fully saturated rings. The van der Waals surface area contributed by atoms with Crippen LogP contribution >= 0.6 is 15.9 Å². The van der Waals surface area contributed by atoms with E-state index in [0.717, 1.165) is 41.7 Å². The highest BCUT2D eigenvalue weighted by molar-refractivity contribution is 9.10. The zero-order valence-corrected chi connectivity index (χ0v) is 12.6. The fourth-order valence-corrected chi connectivity index (χ4v) is 2.76. The van der Waals surface area contributed by atoms with Gasteiger partial charge in [-0.3, -0.25) is 4.79 Å². The molecule has 1 aromatic rings. The molecule has 1 heterocycles. The summed E-state index contributed by atoms with van der Waals surface area (Å²) < 4.78 is 6.14. The van der Waals surface area contributed by atoms with Gasteiger partial charge in [0.15, 0.2) is 0 Å². The highest BCUT2D eigenvalue weighted by atomic mass is 79.9. The third kappa shape index (κ3) is 3.78. The van der Waals surface area contributed by atoms with E-state index in [0.29, 0.717) is 6.61 Å². The summed E-state index contributed by atoms with van der Waals surface area (Å²) in [6.07, 6.45) is 2.01. The molecule has 1 amide bonds. The van der Waals surface area contributed by atoms with Crippen LogP contribution in [0.5, 0.6) is 0 Å². The van der Waals surface area contributed by atoms with Gasteiger partial charge in [-0.25, -0.2) is 0 Å². The first-order valence-electron chi connectivity index (χ1n) is 6.50. The number of hydrogen-bond donors (Lipinski definition) is 2. The summed E-state index contributed by atoms with van der Waals surface area (Å²) in [6, 6.07) is 5.78. The minimum absolute atomic E-state index is 0.0585. The van der Waals surface area contributed by atoms with E-state index in [9.17, 15) is 4.79 Å². The van der Waals surface area contributed by atoms with E-state index in [2.05, 4.69) is 26.6 Å². The van der Waals surface area contributed by atoms with E-state index in [4.69, 9.17) is 4.74 Å². The van der Waals surface area contributed by atoms with Gasteiger partial charge >= 0.3 is 0 Å². The standard InChI is InChI=1S/C14H19BrN2O2/c1-19-9-11-12(15)5-2-6-13(11)17-14(18)10-4-3-7-16-8-10/h2,5-6,10,16H,3-4,7-9H2,1H3,(H,17,18)/t10-/m0/s1. The van der Waals surface area contributed by atoms with Gasteiger partial charge in [0, 0.05) is 29.4 Å². The van der Waals surface area contributed by atoms with Crippen LogP contribution in [-0.4, -0.2) is 26.1 Å². The number of carbonyl (C=O) groups is 1. The Balaban J connectivity index is 2.09. The molecule has 0 aromatic heterocycles. The number of hydrogen-bond acceptors (Lipinski definition) is 3. The lowest BCUT2D eigenvalue weighted by Gasteiger charge is -2.22. The second-order valence-electron chi connectivity index (χ2n) is 4.73. The van der Waals surface area contributed by atoms with Gasteiger partial charge in [-0.05, 0) is 31.5 Å². The zero-order chi connectivity index (χ0) is 13.7. The van der Waals surface area contributed by atoms with Crippen molar-refractivity contribution in [2.24, 2.45) is 5.92 Å². The van der Waals surface area contributed by atoms with Gasteiger partial charge in [-0.1, -0.05) is 22.0 Å². The number of amides is 1. The van der Waals surface area contributed by atoms with Crippen LogP contribution in [0.25, 0.3) is 0 Å². The Morgan fingerprint density at radius 1 is 1.58 bits per heavy atom. The lowest BCUT2D eigenvalue weighted by atomic mass is 9.98. The third-order valence-corrected chi connectivity index (χ3v) is 4.08. The molecule has 0 unspecified atom stereocenters. The first-order chi connectivity index (χ1) is 9.22. The molecule has 1 aromatic carbocycles. The minimum Gasteiger partial charge on any atom is -0.380 e. The number of anilines is 1. The molecule has 1 aliphatic rings. The van der Waals surface area contributed by atoms with Crippen molar-refractivity contribution in [2.75, 3.05) is 25.5 Å². The molecule has 2 rings (SSSR count). The van der Waals surface area contributed by atoms with Crippen molar-refractivity contribution in [3.8, 4) is 0 Å². The number of rotatable bonds is 4. The molecule has 0 spiro atoms. The average molecular weight is 327 g/mol. The number of ether oxygens (including phenoxy) is 1. The quantitative estimate of drug-likeness (QED) is 0.893. The number of benzene rings is 1. The third-order valence-electron chi connectivity index (χ3n) is 3.33. The highest BCUT2D eigenvalue weighted by Crippen LogP contribution is 2.26. The van der Waals surface area contributed by atoms with E-state index in [-0.39, 0.29) is 11.8 Å². The monoisotopic (exact) mass is 326 g/mol. The number of nitrogens with one attached hydrogen (secondary N) is 2. The Hall–Kier alpha value is -0.910. The van der Waals surface area contributed by atoms with Gasteiger partial charge < -0.3 is 15.4 Å². The van der Waals surface area contributed by atoms with Crippen molar-refractivity contribution < 1.29 is 9.53 Å². The maximum absolute atomic E-state index is 12.2. The molecule has 4 nitrogen and oxygen atoms in total. The molecule has 0 bridgehead atoms. The molecule has 0 radical (unpaired) electrons. The van der Waals surface area contributed by atoms with Crippen molar-refractivity contribution in [1.82, 2.24) is 5.32 Å². The second-order valence-corrected chi connectivity index (χ2v) is 5.59. The summed E-state index contributed by atoms with van der Waals surface area (Å²) in [5.74, 6) is 0.144. The molecule has 1 aliphatic heterocycles. The van der Waals surface area contributed by atoms with Crippen molar-refractivity contribution in [2.45, 2.75) is 19.4 Å². The topological polar surface area (TPSA) is 50.4 Å². The number of halogens is 1. The Kier molecular flexibility index (Phi) is 5.36. The summed E-state index contributed by atoms with van der Waals surface area (Å²) in [5, 5.41) is 6.27. The van der Waals surface area contributed by atoms with Crippen molar-refractivity contribution >= 4 is 27.5 Å². The first-order valence-corrected chi connectivity index (χ1v) is 7.29. The van der Waals surface area contributed by atoms with E-state index in [1.165, 1.54) is 0 Å². The SMILES string of the molecule is COCc1c(Br)cccc1NC(=O)[C@H]1CCCNC1. The van der Waals surface area contributed by atoms with Gasteiger partial charge in [0.1, 0.15) is 0 Å². The molecule has 1 saturated heterocycles. The van der Waals surface area contributed by atoms with E-state index >= 15 is 0 Å². The van der Waals surface area contributed by atoms with Gasteiger partial charge in [0.25, 0.3) is 0 Å². The van der Waals surface area contributed by atoms with Crippen LogP contribution in [0.4, 0.5) is 5.69 Å². The number of piperidine rings is 1. The summed E-state index contributed by atoms with van der Waals surface area (Å²) in [6.45, 7) is 2.25. The molecule has 5 heteroatoms. The van der Waals surface area contributed by atoms with E-state index < -0.39 is 0 Å². The smallest absolute Gasteiger partial charge is 0.228 e. The lowest BCUT2D eigenvalue weighted by molar-refractivity contribution is -0.120. The summed E-state index contributed by atoms with van der Waals surface area (Å²) in [5.41, 5.74) is 1.80. The normalized spacial score (nSPS) is 19.2. The number of methoxy groups -OCH3 is 1. The molecule has 1 atom stereocenters. The fourth-order valence-electron chi connectivity index (χ4n) is 2.28. The summed E-state index contributed by atoms with van der Waals surface area (Å²) >= 11 is 3.49. The van der Waals surface area contributed by atoms with Gasteiger partial charge in [0.05, 0.1) is 12.5 Å². The summed E-state index contributed by atoms with van der Waals surface area (Å²) in [7, 11) is 1.65. The van der Waals surface area contributed by atoms with Gasteiger partial charge in [-0.15, -0.1) is 0 Å². The molecule has 0 saturated carbocycles. The molecule has 2 N–H and O–H groups in total. The van der Waals surface area contributed by atoms with E-state index in [1.54, 1.807) is 7.11 Å². The second kappa shape index (κ2) is 7.03. The first kappa shape index (κ1) is 14.5. The van der Waals surface area contributed by atoms with Crippen molar-refractivity contribution in [3.63, 3.8) is 0 Å². The molecule has 19 heavy (non-hydrogen) atoms. The van der Waals surface area contributed by atoms with Crippen LogP contribution in [0.1, 0.15) is 18.4 Å². The molecule has 104 valence electrons. The fraction of sp³-hybridized carbons (Fsp3) is 0.500. The largest absolute Gasteiger partial charge is 0.380 e. The van der Waals surface area contributed by atoms with Crippen molar-refractivity contribution in [1.29, 1.82) is 0 Å². The van der Waals surface area contributed by atoms with Crippen molar-refractivity contribution in [3.05, 3.63) is 28.2 Å². The molecular formula is C14H19BrN2O2. The van der Waals surface area contributed by atoms with Crippen LogP contribution in [0.2, 0.25) is 0 Å². The Morgan fingerprint density at radius 3 is 3.11 bits per heavy atom. The van der Waals surface area contributed by atoms with E-state index in [1.807, 2.05) is 18.2 Å². The van der Waals surface area contributed by atoms with Gasteiger partial charge in [0.2, 0.25) is 5.91 Å². The van der Waals surface area contributed by atoms with Gasteiger partial charge in [-0.2, -0.15) is 0 Å². The molecule has 0 aliphatic carbocycles. The van der Waals surface area contributed by atoms with Crippen LogP contribution in [0, 0.1) is 5.92 Å². The van der Waals surface area contributed by atoms with Crippen LogP contribution in [0.3, 0.4) is 0 Å². The maximum Gasteiger partial charge on any atom is 0.228 e. The van der Waals surface area contributed by atoms with Crippen LogP contribution < -0.4 is 10.6 Å². The lowest BCUT2D eigenvalue weighted by Crippen LogP contribution is -2.37. The Labute approximate surface area is 122 Å². The minimum atomic E-state index is 0.0585. The molecular weight excluding hydrogens is 308 g/mol. The maximum atomic E-state index is 12.2. The Bertz CT molecular complexity index is 445.